The number of nitrogens with zero attached hydrogens (tertiary/aromatic N) is 1. The minimum atomic E-state index is 0.545. The van der Waals surface area contributed by atoms with E-state index in [1.165, 1.54) is 38.5 Å². The third-order valence-corrected chi connectivity index (χ3v) is 3.44. The van der Waals surface area contributed by atoms with E-state index in [9.17, 15) is 0 Å². The zero-order valence-corrected chi connectivity index (χ0v) is 9.13. The maximum Gasteiger partial charge on any atom is 0.0190 e. The molecule has 0 aromatic rings. The molecule has 0 heterocycles. The van der Waals surface area contributed by atoms with Crippen LogP contribution in [-0.2, 0) is 0 Å². The summed E-state index contributed by atoms with van der Waals surface area (Å²) in [4.78, 5) is 2.48. The zero-order chi connectivity index (χ0) is 9.68. The average molecular weight is 184 g/mol. The highest BCUT2D eigenvalue weighted by molar-refractivity contribution is 4.76. The van der Waals surface area contributed by atoms with E-state index >= 15 is 0 Å². The van der Waals surface area contributed by atoms with E-state index in [0.717, 1.165) is 12.6 Å². The third-order valence-electron chi connectivity index (χ3n) is 3.44. The van der Waals surface area contributed by atoms with Crippen LogP contribution in [-0.4, -0.2) is 30.6 Å². The van der Waals surface area contributed by atoms with Crippen molar-refractivity contribution in [1.82, 2.24) is 4.90 Å². The predicted molar refractivity (Wildman–Crippen MR) is 57.8 cm³/mol. The van der Waals surface area contributed by atoms with Gasteiger partial charge in [-0.15, -0.1) is 0 Å². The molecule has 2 heteroatoms. The Hall–Kier alpha value is -0.0800. The summed E-state index contributed by atoms with van der Waals surface area (Å²) in [6.45, 7) is 3.01. The minimum Gasteiger partial charge on any atom is -0.329 e. The first-order valence-corrected chi connectivity index (χ1v) is 5.67. The van der Waals surface area contributed by atoms with Gasteiger partial charge in [0, 0.05) is 18.6 Å². The van der Waals surface area contributed by atoms with Gasteiger partial charge in [0.15, 0.2) is 0 Å². The largest absolute Gasteiger partial charge is 0.329 e. The molecule has 0 saturated heterocycles. The van der Waals surface area contributed by atoms with Crippen molar-refractivity contribution < 1.29 is 0 Å². The molecule has 1 aliphatic rings. The molecular formula is C11H24N2. The summed E-state index contributed by atoms with van der Waals surface area (Å²) in [5, 5.41) is 0. The van der Waals surface area contributed by atoms with E-state index in [4.69, 9.17) is 5.73 Å². The molecule has 1 atom stereocenters. The number of likely N-dealkylation sites (N-methyl/N-ethyl adjacent to an activating group) is 1. The smallest absolute Gasteiger partial charge is 0.0190 e. The Morgan fingerprint density at radius 2 is 1.77 bits per heavy atom. The molecule has 2 N–H and O–H groups in total. The number of hydrogen-bond acceptors (Lipinski definition) is 2. The summed E-state index contributed by atoms with van der Waals surface area (Å²) in [6, 6.07) is 1.34. The average Bonchev–Trinajstić information content (AvgIpc) is 2.43. The van der Waals surface area contributed by atoms with Gasteiger partial charge in [0.25, 0.3) is 0 Å². The van der Waals surface area contributed by atoms with Gasteiger partial charge in [-0.3, -0.25) is 4.90 Å². The molecule has 13 heavy (non-hydrogen) atoms. The number of nitrogens with two attached hydrogens (primary N) is 1. The van der Waals surface area contributed by atoms with Gasteiger partial charge in [-0.1, -0.05) is 25.7 Å². The minimum absolute atomic E-state index is 0.545. The lowest BCUT2D eigenvalue weighted by molar-refractivity contribution is 0.171. The van der Waals surface area contributed by atoms with Gasteiger partial charge >= 0.3 is 0 Å². The summed E-state index contributed by atoms with van der Waals surface area (Å²) in [6.07, 6.45) is 8.43. The van der Waals surface area contributed by atoms with Gasteiger partial charge in [0.05, 0.1) is 0 Å². The van der Waals surface area contributed by atoms with Crippen molar-refractivity contribution in [1.29, 1.82) is 0 Å². The van der Waals surface area contributed by atoms with Crippen molar-refractivity contribution in [3.63, 3.8) is 0 Å². The Labute approximate surface area is 82.5 Å². The standard InChI is InChI=1S/C11H24N2/c1-10(9-12)13(2)11-7-5-3-4-6-8-11/h10-11H,3-9,12H2,1-2H3. The highest BCUT2D eigenvalue weighted by atomic mass is 15.2. The highest BCUT2D eigenvalue weighted by Crippen LogP contribution is 2.21. The molecule has 78 valence electrons. The Morgan fingerprint density at radius 3 is 2.23 bits per heavy atom. The van der Waals surface area contributed by atoms with Gasteiger partial charge in [-0.25, -0.2) is 0 Å². The molecule has 0 radical (unpaired) electrons. The molecule has 1 rings (SSSR count). The highest BCUT2D eigenvalue weighted by Gasteiger charge is 2.19. The lowest BCUT2D eigenvalue weighted by Crippen LogP contribution is -2.42. The first-order valence-electron chi connectivity index (χ1n) is 5.67. The second-order valence-electron chi connectivity index (χ2n) is 4.40. The lowest BCUT2D eigenvalue weighted by Gasteiger charge is -2.31. The van der Waals surface area contributed by atoms with Crippen LogP contribution in [0.25, 0.3) is 0 Å². The second kappa shape index (κ2) is 5.61. The fraction of sp³-hybridized carbons (Fsp3) is 1.00. The molecule has 0 aromatic carbocycles. The van der Waals surface area contributed by atoms with Crippen LogP contribution in [0.1, 0.15) is 45.4 Å². The normalized spacial score (nSPS) is 23.1. The summed E-state index contributed by atoms with van der Waals surface area (Å²) in [5.74, 6) is 0. The van der Waals surface area contributed by atoms with E-state index in [2.05, 4.69) is 18.9 Å². The van der Waals surface area contributed by atoms with E-state index < -0.39 is 0 Å². The van der Waals surface area contributed by atoms with Crippen molar-refractivity contribution in [2.24, 2.45) is 5.73 Å². The van der Waals surface area contributed by atoms with E-state index in [1.54, 1.807) is 0 Å². The van der Waals surface area contributed by atoms with Crippen molar-refractivity contribution in [3.05, 3.63) is 0 Å². The fourth-order valence-electron chi connectivity index (χ4n) is 2.19. The fourth-order valence-corrected chi connectivity index (χ4v) is 2.19. The van der Waals surface area contributed by atoms with Crippen molar-refractivity contribution >= 4 is 0 Å². The Bertz CT molecular complexity index is 128. The van der Waals surface area contributed by atoms with Gasteiger partial charge in [0.2, 0.25) is 0 Å². The van der Waals surface area contributed by atoms with E-state index in [-0.39, 0.29) is 0 Å². The summed E-state index contributed by atoms with van der Waals surface area (Å²) >= 11 is 0. The first kappa shape index (κ1) is 11.0. The molecule has 1 saturated carbocycles. The Morgan fingerprint density at radius 1 is 1.23 bits per heavy atom. The Balaban J connectivity index is 2.38. The van der Waals surface area contributed by atoms with Crippen LogP contribution in [0, 0.1) is 0 Å². The molecule has 0 spiro atoms. The summed E-state index contributed by atoms with van der Waals surface area (Å²) in [7, 11) is 2.23. The van der Waals surface area contributed by atoms with E-state index in [1.807, 2.05) is 0 Å². The lowest BCUT2D eigenvalue weighted by atomic mass is 10.1. The summed E-state index contributed by atoms with van der Waals surface area (Å²) < 4.78 is 0. The third kappa shape index (κ3) is 3.28. The van der Waals surface area contributed by atoms with Gasteiger partial charge in [-0.2, -0.15) is 0 Å². The topological polar surface area (TPSA) is 29.3 Å². The quantitative estimate of drug-likeness (QED) is 0.680. The first-order chi connectivity index (χ1) is 6.25. The van der Waals surface area contributed by atoms with Crippen LogP contribution >= 0.6 is 0 Å². The zero-order valence-electron chi connectivity index (χ0n) is 9.13. The Kier molecular flexibility index (Phi) is 4.74. The summed E-state index contributed by atoms with van der Waals surface area (Å²) in [5.41, 5.74) is 5.68. The monoisotopic (exact) mass is 184 g/mol. The molecule has 0 amide bonds. The van der Waals surface area contributed by atoms with Crippen molar-refractivity contribution in [2.45, 2.75) is 57.5 Å². The number of hydrogen-bond donors (Lipinski definition) is 1. The van der Waals surface area contributed by atoms with Gasteiger partial charge in [-0.05, 0) is 26.8 Å². The molecule has 0 bridgehead atoms. The van der Waals surface area contributed by atoms with Crippen LogP contribution in [0.4, 0.5) is 0 Å². The molecule has 2 nitrogen and oxygen atoms in total. The molecule has 1 fully saturated rings. The molecule has 1 aliphatic carbocycles. The van der Waals surface area contributed by atoms with Crippen LogP contribution < -0.4 is 5.73 Å². The molecule has 0 aliphatic heterocycles. The molecule has 1 unspecified atom stereocenters. The maximum absolute atomic E-state index is 5.68. The van der Waals surface area contributed by atoms with Crippen LogP contribution in [0.3, 0.4) is 0 Å². The van der Waals surface area contributed by atoms with Crippen LogP contribution in [0.2, 0.25) is 0 Å². The molecular weight excluding hydrogens is 160 g/mol. The van der Waals surface area contributed by atoms with E-state index in [0.29, 0.717) is 6.04 Å². The second-order valence-corrected chi connectivity index (χ2v) is 4.40. The van der Waals surface area contributed by atoms with Crippen LogP contribution in [0.5, 0.6) is 0 Å². The predicted octanol–water partition coefficient (Wildman–Crippen LogP) is 1.99. The molecule has 0 aromatic heterocycles. The SMILES string of the molecule is CC(CN)N(C)C1CCCCCC1. The maximum atomic E-state index is 5.68. The van der Waals surface area contributed by atoms with Crippen LogP contribution in [0.15, 0.2) is 0 Å². The number of rotatable bonds is 3. The van der Waals surface area contributed by atoms with Gasteiger partial charge < -0.3 is 5.73 Å². The van der Waals surface area contributed by atoms with Gasteiger partial charge in [0.1, 0.15) is 0 Å². The van der Waals surface area contributed by atoms with Crippen molar-refractivity contribution in [2.75, 3.05) is 13.6 Å². The van der Waals surface area contributed by atoms with Crippen molar-refractivity contribution in [3.8, 4) is 0 Å².